The fourth-order valence-corrected chi connectivity index (χ4v) is 4.60. The van der Waals surface area contributed by atoms with Gasteiger partial charge in [0.2, 0.25) is 0 Å². The van der Waals surface area contributed by atoms with E-state index in [1.807, 2.05) is 62.3 Å². The molecule has 7 heteroatoms. The Bertz CT molecular complexity index is 1140. The largest absolute Gasteiger partial charge is 0.507 e. The summed E-state index contributed by atoms with van der Waals surface area (Å²) in [6, 6.07) is 12.2. The zero-order chi connectivity index (χ0) is 25.1. The van der Waals surface area contributed by atoms with Gasteiger partial charge in [-0.3, -0.25) is 9.59 Å². The van der Waals surface area contributed by atoms with E-state index in [0.29, 0.717) is 31.0 Å². The van der Waals surface area contributed by atoms with E-state index >= 15 is 0 Å². The number of carbonyl (C=O) groups excluding carboxylic acids is 2. The highest BCUT2D eigenvalue weighted by Crippen LogP contribution is 2.41. The second-order valence-electron chi connectivity index (χ2n) is 9.53. The van der Waals surface area contributed by atoms with E-state index < -0.39 is 17.7 Å². The van der Waals surface area contributed by atoms with Gasteiger partial charge in [0.05, 0.1) is 18.2 Å². The maximum absolute atomic E-state index is 13.3. The Morgan fingerprint density at radius 2 is 2.00 bits per heavy atom. The first-order chi connectivity index (χ1) is 16.8. The third-order valence-electron chi connectivity index (χ3n) is 6.44. The fourth-order valence-electron chi connectivity index (χ4n) is 4.60. The van der Waals surface area contributed by atoms with Gasteiger partial charge in [0.1, 0.15) is 23.4 Å². The Balaban J connectivity index is 1.77. The lowest BCUT2D eigenvalue weighted by Gasteiger charge is -2.27. The van der Waals surface area contributed by atoms with Gasteiger partial charge in [0.25, 0.3) is 11.7 Å². The number of ether oxygens (including phenoxy) is 2. The van der Waals surface area contributed by atoms with Crippen molar-refractivity contribution < 1.29 is 24.2 Å². The molecule has 4 rings (SSSR count). The highest BCUT2D eigenvalue weighted by molar-refractivity contribution is 6.46. The molecule has 0 saturated carbocycles. The highest BCUT2D eigenvalue weighted by Gasteiger charge is 2.46. The summed E-state index contributed by atoms with van der Waals surface area (Å²) < 4.78 is 11.7. The van der Waals surface area contributed by atoms with Crippen LogP contribution in [0.4, 0.5) is 0 Å². The molecule has 1 N–H and O–H groups in total. The van der Waals surface area contributed by atoms with E-state index in [1.165, 1.54) is 0 Å². The molecule has 2 aromatic rings. The van der Waals surface area contributed by atoms with Crippen molar-refractivity contribution >= 4 is 17.4 Å². The smallest absolute Gasteiger partial charge is 0.295 e. The summed E-state index contributed by atoms with van der Waals surface area (Å²) in [6.07, 6.45) is 2.75. The van der Waals surface area contributed by atoms with Crippen LogP contribution in [0.25, 0.3) is 5.76 Å². The van der Waals surface area contributed by atoms with Gasteiger partial charge < -0.3 is 24.4 Å². The number of fused-ring (bicyclic) bond motifs is 1. The molecule has 1 saturated heterocycles. The molecule has 1 amide bonds. The summed E-state index contributed by atoms with van der Waals surface area (Å²) >= 11 is 0. The van der Waals surface area contributed by atoms with Gasteiger partial charge in [-0.1, -0.05) is 25.5 Å². The van der Waals surface area contributed by atoms with Crippen molar-refractivity contribution in [3.8, 4) is 11.5 Å². The number of rotatable bonds is 9. The van der Waals surface area contributed by atoms with Gasteiger partial charge in [-0.05, 0) is 68.9 Å². The predicted octanol–water partition coefficient (Wildman–Crippen LogP) is 4.17. The Labute approximate surface area is 206 Å². The van der Waals surface area contributed by atoms with E-state index in [1.54, 1.807) is 11.0 Å². The monoisotopic (exact) mass is 478 g/mol. The molecule has 7 nitrogen and oxygen atoms in total. The van der Waals surface area contributed by atoms with Crippen molar-refractivity contribution in [2.45, 2.75) is 45.3 Å². The summed E-state index contributed by atoms with van der Waals surface area (Å²) in [7, 11) is 3.84. The molecule has 0 bridgehead atoms. The number of hydrogen-bond acceptors (Lipinski definition) is 6. The number of Topliss-reactive ketones (excluding diaryl/α,β-unsaturated/α-hetero) is 1. The van der Waals surface area contributed by atoms with Crippen molar-refractivity contribution in [1.29, 1.82) is 0 Å². The molecule has 0 aliphatic carbocycles. The van der Waals surface area contributed by atoms with Crippen LogP contribution in [0.1, 0.15) is 49.4 Å². The molecule has 0 unspecified atom stereocenters. The number of nitrogens with zero attached hydrogens (tertiary/aromatic N) is 2. The second kappa shape index (κ2) is 10.5. The van der Waals surface area contributed by atoms with Gasteiger partial charge in [0, 0.05) is 25.1 Å². The van der Waals surface area contributed by atoms with Crippen LogP contribution in [0.3, 0.4) is 0 Å². The molecule has 186 valence electrons. The summed E-state index contributed by atoms with van der Waals surface area (Å²) in [5.74, 6) is 0.0228. The third-order valence-corrected chi connectivity index (χ3v) is 6.44. The minimum atomic E-state index is -0.701. The number of carbonyl (C=O) groups is 2. The molecule has 2 aliphatic heterocycles. The van der Waals surface area contributed by atoms with Gasteiger partial charge in [-0.2, -0.15) is 0 Å². The Morgan fingerprint density at radius 1 is 1.20 bits per heavy atom. The third kappa shape index (κ3) is 5.20. The maximum atomic E-state index is 13.3. The minimum absolute atomic E-state index is 0.0643. The lowest BCUT2D eigenvalue weighted by molar-refractivity contribution is -0.140. The average Bonchev–Trinajstić information content (AvgIpc) is 3.33. The van der Waals surface area contributed by atoms with Crippen LogP contribution >= 0.6 is 0 Å². The minimum Gasteiger partial charge on any atom is -0.507 e. The van der Waals surface area contributed by atoms with Crippen LogP contribution < -0.4 is 9.47 Å². The summed E-state index contributed by atoms with van der Waals surface area (Å²) in [4.78, 5) is 29.9. The standard InChI is InChI=1S/C28H34N2O5/c1-5-6-14-34-22-9-7-8-19(17-22)25-24(27(32)28(33)30(25)13-12-29(3)4)26(31)20-10-11-23-21(16-20)15-18(2)35-23/h7-11,16-18,25,31H,5-6,12-15H2,1-4H3/b26-24+/t18-,25-/m1/s1. The SMILES string of the molecule is CCCCOc1cccc([C@@H]2/C(=C(\O)c3ccc4c(c3)C[C@@H](C)O4)C(=O)C(=O)N2CCN(C)C)c1. The van der Waals surface area contributed by atoms with Gasteiger partial charge in [-0.25, -0.2) is 0 Å². The number of likely N-dealkylation sites (tertiary alicyclic amines) is 1. The molecular formula is C28H34N2O5. The van der Waals surface area contributed by atoms with Crippen molar-refractivity contribution in [2.75, 3.05) is 33.8 Å². The molecule has 2 atom stereocenters. The first-order valence-electron chi connectivity index (χ1n) is 12.3. The van der Waals surface area contributed by atoms with Crippen LogP contribution in [-0.4, -0.2) is 66.5 Å². The predicted molar refractivity (Wildman–Crippen MR) is 135 cm³/mol. The first-order valence-corrected chi connectivity index (χ1v) is 12.3. The van der Waals surface area contributed by atoms with Gasteiger partial charge in [-0.15, -0.1) is 0 Å². The van der Waals surface area contributed by atoms with Crippen molar-refractivity contribution in [3.63, 3.8) is 0 Å². The second-order valence-corrected chi connectivity index (χ2v) is 9.53. The van der Waals surface area contributed by atoms with Crippen LogP contribution in [0.2, 0.25) is 0 Å². The van der Waals surface area contributed by atoms with E-state index in [0.717, 1.165) is 36.1 Å². The van der Waals surface area contributed by atoms with Gasteiger partial charge in [0.15, 0.2) is 0 Å². The van der Waals surface area contributed by atoms with E-state index in [2.05, 4.69) is 6.92 Å². The highest BCUT2D eigenvalue weighted by atomic mass is 16.5. The van der Waals surface area contributed by atoms with Crippen molar-refractivity contribution in [1.82, 2.24) is 9.80 Å². The summed E-state index contributed by atoms with van der Waals surface area (Å²) in [6.45, 7) is 5.63. The molecular weight excluding hydrogens is 444 g/mol. The lowest BCUT2D eigenvalue weighted by atomic mass is 9.94. The van der Waals surface area contributed by atoms with Crippen LogP contribution in [-0.2, 0) is 16.0 Å². The fraction of sp³-hybridized carbons (Fsp3) is 0.429. The van der Waals surface area contributed by atoms with Crippen LogP contribution in [0.5, 0.6) is 11.5 Å². The molecule has 35 heavy (non-hydrogen) atoms. The number of ketones is 1. The zero-order valence-corrected chi connectivity index (χ0v) is 20.9. The molecule has 1 fully saturated rings. The average molecular weight is 479 g/mol. The van der Waals surface area contributed by atoms with E-state index in [-0.39, 0.29) is 17.4 Å². The quantitative estimate of drug-likeness (QED) is 0.252. The lowest BCUT2D eigenvalue weighted by Crippen LogP contribution is -2.35. The molecule has 2 aromatic carbocycles. The van der Waals surface area contributed by atoms with E-state index in [4.69, 9.17) is 9.47 Å². The molecule has 0 aromatic heterocycles. The van der Waals surface area contributed by atoms with Crippen molar-refractivity contribution in [2.24, 2.45) is 0 Å². The van der Waals surface area contributed by atoms with E-state index in [9.17, 15) is 14.7 Å². The molecule has 2 heterocycles. The van der Waals surface area contributed by atoms with Gasteiger partial charge >= 0.3 is 0 Å². The number of benzene rings is 2. The number of amides is 1. The number of aliphatic hydroxyl groups excluding tert-OH is 1. The molecule has 0 spiro atoms. The normalized spacial score (nSPS) is 20.9. The number of likely N-dealkylation sites (N-methyl/N-ethyl adjacent to an activating group) is 1. The summed E-state index contributed by atoms with van der Waals surface area (Å²) in [5.41, 5.74) is 2.32. The van der Waals surface area contributed by atoms with Crippen LogP contribution in [0, 0.1) is 0 Å². The Hall–Kier alpha value is -3.32. The van der Waals surface area contributed by atoms with Crippen molar-refractivity contribution in [3.05, 3.63) is 64.7 Å². The Morgan fingerprint density at radius 3 is 2.74 bits per heavy atom. The number of unbranched alkanes of at least 4 members (excludes halogenated alkanes) is 1. The molecule has 0 radical (unpaired) electrons. The topological polar surface area (TPSA) is 79.3 Å². The van der Waals surface area contributed by atoms with Crippen LogP contribution in [0.15, 0.2) is 48.0 Å². The Kier molecular flexibility index (Phi) is 7.45. The molecule has 2 aliphatic rings. The zero-order valence-electron chi connectivity index (χ0n) is 20.9. The first kappa shape index (κ1) is 24.8. The number of aliphatic hydroxyl groups is 1. The number of hydrogen-bond donors (Lipinski definition) is 1. The summed E-state index contributed by atoms with van der Waals surface area (Å²) in [5, 5.41) is 11.4. The maximum Gasteiger partial charge on any atom is 0.295 e.